The summed E-state index contributed by atoms with van der Waals surface area (Å²) in [5.74, 6) is 0. The van der Waals surface area contributed by atoms with Crippen LogP contribution < -0.4 is 5.32 Å². The van der Waals surface area contributed by atoms with Gasteiger partial charge in [0.1, 0.15) is 0 Å². The average molecular weight is 382 g/mol. The standard InChI is InChI=1S/C22H27N3OS/c1-3-25-20-9-5-4-8-18(20)19-13-16(10-11-21(19)25)15-24(2)22(27)23-14-17-7-6-12-26-17/h4-5,8-11,13,17H,3,6-7,12,14-15H2,1-2H3,(H,23,27)/t17-/m1/s1. The number of benzene rings is 2. The normalized spacial score (nSPS) is 16.9. The second-order valence-electron chi connectivity index (χ2n) is 7.29. The molecular formula is C22H27N3OS. The SMILES string of the molecule is CCn1c2ccccc2c2cc(CN(C)C(=S)NC[C@H]3CCCO3)ccc21. The van der Waals surface area contributed by atoms with Gasteiger partial charge in [-0.1, -0.05) is 24.3 Å². The van der Waals surface area contributed by atoms with E-state index in [1.807, 2.05) is 7.05 Å². The number of ether oxygens (including phenoxy) is 1. The van der Waals surface area contributed by atoms with Crippen LogP contribution in [0.15, 0.2) is 42.5 Å². The lowest BCUT2D eigenvalue weighted by Gasteiger charge is -2.22. The van der Waals surface area contributed by atoms with Crippen molar-refractivity contribution in [1.29, 1.82) is 0 Å². The van der Waals surface area contributed by atoms with Crippen LogP contribution >= 0.6 is 12.2 Å². The van der Waals surface area contributed by atoms with E-state index in [4.69, 9.17) is 17.0 Å². The number of nitrogens with zero attached hydrogens (tertiary/aromatic N) is 2. The van der Waals surface area contributed by atoms with Gasteiger partial charge >= 0.3 is 0 Å². The summed E-state index contributed by atoms with van der Waals surface area (Å²) in [6.45, 7) is 5.64. The minimum atomic E-state index is 0.299. The molecule has 0 bridgehead atoms. The first-order valence-electron chi connectivity index (χ1n) is 9.78. The van der Waals surface area contributed by atoms with Crippen LogP contribution in [0.25, 0.3) is 21.8 Å². The zero-order valence-corrected chi connectivity index (χ0v) is 16.9. The molecule has 0 amide bonds. The highest BCUT2D eigenvalue weighted by molar-refractivity contribution is 7.80. The van der Waals surface area contributed by atoms with E-state index in [1.54, 1.807) is 0 Å². The highest BCUT2D eigenvalue weighted by atomic mass is 32.1. The molecule has 1 saturated heterocycles. The molecule has 1 aromatic heterocycles. The van der Waals surface area contributed by atoms with Gasteiger partial charge in [0.15, 0.2) is 5.11 Å². The van der Waals surface area contributed by atoms with Crippen molar-refractivity contribution in [2.75, 3.05) is 20.2 Å². The zero-order chi connectivity index (χ0) is 18.8. The van der Waals surface area contributed by atoms with Gasteiger partial charge in [-0.15, -0.1) is 0 Å². The Morgan fingerprint density at radius 1 is 1.22 bits per heavy atom. The van der Waals surface area contributed by atoms with E-state index in [9.17, 15) is 0 Å². The molecule has 27 heavy (non-hydrogen) atoms. The van der Waals surface area contributed by atoms with Crippen molar-refractivity contribution in [2.24, 2.45) is 0 Å². The Morgan fingerprint density at radius 3 is 2.81 bits per heavy atom. The number of aryl methyl sites for hydroxylation is 1. The smallest absolute Gasteiger partial charge is 0.169 e. The topological polar surface area (TPSA) is 29.4 Å². The van der Waals surface area contributed by atoms with Crippen LogP contribution in [0.1, 0.15) is 25.3 Å². The van der Waals surface area contributed by atoms with Crippen LogP contribution in [0.2, 0.25) is 0 Å². The van der Waals surface area contributed by atoms with Gasteiger partial charge in [0.25, 0.3) is 0 Å². The molecule has 1 atom stereocenters. The quantitative estimate of drug-likeness (QED) is 0.667. The van der Waals surface area contributed by atoms with Crippen molar-refractivity contribution in [3.63, 3.8) is 0 Å². The van der Waals surface area contributed by atoms with Gasteiger partial charge in [0, 0.05) is 55.1 Å². The van der Waals surface area contributed by atoms with Gasteiger partial charge in [0.2, 0.25) is 0 Å². The van der Waals surface area contributed by atoms with E-state index in [0.29, 0.717) is 6.10 Å². The summed E-state index contributed by atoms with van der Waals surface area (Å²) in [4.78, 5) is 2.10. The van der Waals surface area contributed by atoms with E-state index in [0.717, 1.165) is 44.2 Å². The Balaban J connectivity index is 1.51. The van der Waals surface area contributed by atoms with Crippen LogP contribution in [0, 0.1) is 0 Å². The van der Waals surface area contributed by atoms with Gasteiger partial charge in [-0.3, -0.25) is 0 Å². The van der Waals surface area contributed by atoms with Crippen LogP contribution in [0.3, 0.4) is 0 Å². The van der Waals surface area contributed by atoms with Crippen molar-refractivity contribution in [1.82, 2.24) is 14.8 Å². The third kappa shape index (κ3) is 3.66. The van der Waals surface area contributed by atoms with Gasteiger partial charge in [-0.25, -0.2) is 0 Å². The lowest BCUT2D eigenvalue weighted by Crippen LogP contribution is -2.40. The maximum absolute atomic E-state index is 5.66. The highest BCUT2D eigenvalue weighted by Crippen LogP contribution is 2.29. The first-order valence-corrected chi connectivity index (χ1v) is 10.2. The number of fused-ring (bicyclic) bond motifs is 3. The van der Waals surface area contributed by atoms with Gasteiger partial charge < -0.3 is 19.5 Å². The molecule has 1 aliphatic rings. The summed E-state index contributed by atoms with van der Waals surface area (Å²) in [5, 5.41) is 6.77. The maximum atomic E-state index is 5.66. The van der Waals surface area contributed by atoms with E-state index in [1.165, 1.54) is 27.4 Å². The van der Waals surface area contributed by atoms with E-state index >= 15 is 0 Å². The molecular weight excluding hydrogens is 354 g/mol. The van der Waals surface area contributed by atoms with E-state index in [-0.39, 0.29) is 0 Å². The third-order valence-electron chi connectivity index (χ3n) is 5.42. The largest absolute Gasteiger partial charge is 0.376 e. The Morgan fingerprint density at radius 2 is 2.04 bits per heavy atom. The molecule has 5 heteroatoms. The second-order valence-corrected chi connectivity index (χ2v) is 7.68. The predicted molar refractivity (Wildman–Crippen MR) is 116 cm³/mol. The Bertz CT molecular complexity index is 959. The minimum Gasteiger partial charge on any atom is -0.376 e. The third-order valence-corrected chi connectivity index (χ3v) is 5.88. The maximum Gasteiger partial charge on any atom is 0.169 e. The molecule has 0 aliphatic carbocycles. The number of aromatic nitrogens is 1. The van der Waals surface area contributed by atoms with Crippen LogP contribution in [-0.2, 0) is 17.8 Å². The summed E-state index contributed by atoms with van der Waals surface area (Å²) in [6.07, 6.45) is 2.57. The zero-order valence-electron chi connectivity index (χ0n) is 16.1. The summed E-state index contributed by atoms with van der Waals surface area (Å²) >= 11 is 5.56. The summed E-state index contributed by atoms with van der Waals surface area (Å²) in [7, 11) is 2.05. The molecule has 4 nitrogen and oxygen atoms in total. The molecule has 0 unspecified atom stereocenters. The number of para-hydroxylation sites is 1. The molecule has 2 heterocycles. The van der Waals surface area contributed by atoms with Gasteiger partial charge in [-0.05, 0) is 55.7 Å². The second kappa shape index (κ2) is 7.87. The first-order chi connectivity index (χ1) is 13.2. The van der Waals surface area contributed by atoms with Crippen molar-refractivity contribution < 1.29 is 4.74 Å². The van der Waals surface area contributed by atoms with Crippen molar-refractivity contribution in [3.05, 3.63) is 48.0 Å². The molecule has 0 radical (unpaired) electrons. The molecule has 0 spiro atoms. The molecule has 0 saturated carbocycles. The molecule has 1 aliphatic heterocycles. The molecule has 1 fully saturated rings. The fourth-order valence-electron chi connectivity index (χ4n) is 4.03. The molecule has 142 valence electrons. The Labute approximate surface area is 166 Å². The van der Waals surface area contributed by atoms with Gasteiger partial charge in [0.05, 0.1) is 6.10 Å². The summed E-state index contributed by atoms with van der Waals surface area (Å²) in [6, 6.07) is 15.4. The van der Waals surface area contributed by atoms with Crippen LogP contribution in [0.4, 0.5) is 0 Å². The fourth-order valence-corrected chi connectivity index (χ4v) is 4.17. The van der Waals surface area contributed by atoms with E-state index < -0.39 is 0 Å². The van der Waals surface area contributed by atoms with Crippen LogP contribution in [-0.4, -0.2) is 40.9 Å². The van der Waals surface area contributed by atoms with Crippen molar-refractivity contribution in [3.8, 4) is 0 Å². The lowest BCUT2D eigenvalue weighted by molar-refractivity contribution is 0.113. The summed E-state index contributed by atoms with van der Waals surface area (Å²) in [5.41, 5.74) is 3.86. The van der Waals surface area contributed by atoms with Gasteiger partial charge in [-0.2, -0.15) is 0 Å². The minimum absolute atomic E-state index is 0.299. The van der Waals surface area contributed by atoms with Crippen molar-refractivity contribution >= 4 is 39.1 Å². The Hall–Kier alpha value is -2.11. The van der Waals surface area contributed by atoms with Crippen molar-refractivity contribution in [2.45, 2.75) is 39.0 Å². The number of rotatable bonds is 5. The molecule has 3 aromatic rings. The molecule has 1 N–H and O–H groups in total. The first kappa shape index (κ1) is 18.3. The molecule has 2 aromatic carbocycles. The molecule has 4 rings (SSSR count). The lowest BCUT2D eigenvalue weighted by atomic mass is 10.1. The van der Waals surface area contributed by atoms with E-state index in [2.05, 4.69) is 64.2 Å². The average Bonchev–Trinajstić information content (AvgIpc) is 3.31. The Kier molecular flexibility index (Phi) is 5.32. The number of hydrogen-bond acceptors (Lipinski definition) is 2. The number of nitrogens with one attached hydrogen (secondary N) is 1. The summed E-state index contributed by atoms with van der Waals surface area (Å²) < 4.78 is 8.04. The number of hydrogen-bond donors (Lipinski definition) is 1. The number of thiocarbonyl (C=S) groups is 1. The highest BCUT2D eigenvalue weighted by Gasteiger charge is 2.16. The predicted octanol–water partition coefficient (Wildman–Crippen LogP) is 4.30. The monoisotopic (exact) mass is 381 g/mol. The van der Waals surface area contributed by atoms with Crippen LogP contribution in [0.5, 0.6) is 0 Å². The fraction of sp³-hybridized carbons (Fsp3) is 0.409.